The first-order chi connectivity index (χ1) is 11.4. The highest BCUT2D eigenvalue weighted by atomic mass is 32.2. The molecule has 0 saturated carbocycles. The Balaban J connectivity index is 0.000000185. The van der Waals surface area contributed by atoms with E-state index >= 15 is 0 Å². The van der Waals surface area contributed by atoms with Gasteiger partial charge in [0.15, 0.2) is 0 Å². The Kier molecular flexibility index (Phi) is 5.64. The van der Waals surface area contributed by atoms with Crippen molar-refractivity contribution in [1.29, 1.82) is 0 Å². The SMILES string of the molecule is O=C(OO)c1cccc2ccccc12.O=S(=O)(O)c1ccccc1. The van der Waals surface area contributed by atoms with E-state index in [0.29, 0.717) is 5.56 Å². The first-order valence-electron chi connectivity index (χ1n) is 6.79. The lowest BCUT2D eigenvalue weighted by Crippen LogP contribution is -2.01. The van der Waals surface area contributed by atoms with Gasteiger partial charge in [0.2, 0.25) is 0 Å². The molecule has 0 atom stereocenters. The first-order valence-corrected chi connectivity index (χ1v) is 8.23. The summed E-state index contributed by atoms with van der Waals surface area (Å²) in [5, 5.41) is 10.0. The van der Waals surface area contributed by atoms with E-state index in [-0.39, 0.29) is 4.90 Å². The fraction of sp³-hybridized carbons (Fsp3) is 0. The minimum Gasteiger partial charge on any atom is -0.295 e. The van der Waals surface area contributed by atoms with Crippen molar-refractivity contribution in [2.24, 2.45) is 0 Å². The van der Waals surface area contributed by atoms with E-state index in [0.717, 1.165) is 10.8 Å². The highest BCUT2D eigenvalue weighted by Crippen LogP contribution is 2.18. The minimum atomic E-state index is -4.00. The summed E-state index contributed by atoms with van der Waals surface area (Å²) in [5.41, 5.74) is 0.366. The second-order valence-corrected chi connectivity index (χ2v) is 6.12. The van der Waals surface area contributed by atoms with Crippen molar-refractivity contribution in [3.63, 3.8) is 0 Å². The highest BCUT2D eigenvalue weighted by Gasteiger charge is 2.10. The second kappa shape index (κ2) is 7.69. The Bertz CT molecular complexity index is 930. The maximum Gasteiger partial charge on any atom is 0.373 e. The van der Waals surface area contributed by atoms with Crippen molar-refractivity contribution >= 4 is 26.9 Å². The standard InChI is InChI=1S/C11H8O3.C6H6O3S/c12-11(14-13)10-7-3-5-8-4-1-2-6-9(8)10;7-10(8,9)6-4-2-1-3-5-6/h1-7,13H;1-5H,(H,7,8,9). The monoisotopic (exact) mass is 346 g/mol. The van der Waals surface area contributed by atoms with Crippen LogP contribution in [0.2, 0.25) is 0 Å². The van der Waals surface area contributed by atoms with Crippen LogP contribution in [0.1, 0.15) is 10.4 Å². The topological polar surface area (TPSA) is 101 Å². The zero-order chi connectivity index (χ0) is 17.6. The van der Waals surface area contributed by atoms with Crippen LogP contribution in [0.3, 0.4) is 0 Å². The van der Waals surface area contributed by atoms with Crippen molar-refractivity contribution in [3.05, 3.63) is 78.4 Å². The molecule has 0 fully saturated rings. The van der Waals surface area contributed by atoms with Crippen LogP contribution in [-0.2, 0) is 15.0 Å². The summed E-state index contributed by atoms with van der Waals surface area (Å²) in [7, 11) is -4.00. The normalized spacial score (nSPS) is 10.6. The summed E-state index contributed by atoms with van der Waals surface area (Å²) in [4.78, 5) is 14.8. The Labute approximate surface area is 138 Å². The molecule has 3 aromatic carbocycles. The number of carbonyl (C=O) groups excluding carboxylic acids is 1. The lowest BCUT2D eigenvalue weighted by atomic mass is 10.1. The fourth-order valence-electron chi connectivity index (χ4n) is 2.05. The van der Waals surface area contributed by atoms with Crippen LogP contribution < -0.4 is 0 Å². The molecular weight excluding hydrogens is 332 g/mol. The van der Waals surface area contributed by atoms with Gasteiger partial charge in [-0.3, -0.25) is 9.44 Å². The zero-order valence-electron chi connectivity index (χ0n) is 12.4. The third kappa shape index (κ3) is 4.39. The van der Waals surface area contributed by atoms with E-state index in [9.17, 15) is 13.2 Å². The van der Waals surface area contributed by atoms with Crippen molar-refractivity contribution in [3.8, 4) is 0 Å². The van der Waals surface area contributed by atoms with Crippen molar-refractivity contribution in [1.82, 2.24) is 0 Å². The summed E-state index contributed by atoms with van der Waals surface area (Å²) in [6.45, 7) is 0. The molecule has 0 saturated heterocycles. The lowest BCUT2D eigenvalue weighted by Gasteiger charge is -2.02. The molecule has 124 valence electrons. The average molecular weight is 346 g/mol. The molecule has 0 spiro atoms. The second-order valence-electron chi connectivity index (χ2n) is 4.69. The van der Waals surface area contributed by atoms with Gasteiger partial charge in [0.05, 0.1) is 10.5 Å². The van der Waals surface area contributed by atoms with Crippen LogP contribution >= 0.6 is 0 Å². The number of hydrogen-bond donors (Lipinski definition) is 2. The van der Waals surface area contributed by atoms with Gasteiger partial charge in [-0.25, -0.2) is 4.79 Å². The van der Waals surface area contributed by atoms with Crippen LogP contribution in [-0.4, -0.2) is 24.2 Å². The smallest absolute Gasteiger partial charge is 0.295 e. The van der Waals surface area contributed by atoms with Crippen molar-refractivity contribution in [2.45, 2.75) is 4.90 Å². The average Bonchev–Trinajstić information content (AvgIpc) is 2.61. The Morgan fingerprint density at radius 1 is 0.833 bits per heavy atom. The molecule has 3 rings (SSSR count). The molecule has 3 aromatic rings. The Morgan fingerprint density at radius 2 is 1.42 bits per heavy atom. The molecule has 0 aliphatic rings. The van der Waals surface area contributed by atoms with E-state index in [4.69, 9.17) is 9.81 Å². The third-order valence-corrected chi connectivity index (χ3v) is 4.00. The molecule has 0 bridgehead atoms. The maximum atomic E-state index is 11.2. The van der Waals surface area contributed by atoms with E-state index in [1.165, 1.54) is 12.1 Å². The molecule has 0 heterocycles. The number of hydrogen-bond acceptors (Lipinski definition) is 5. The summed E-state index contributed by atoms with van der Waals surface area (Å²) >= 11 is 0. The molecule has 7 heteroatoms. The molecule has 0 amide bonds. The highest BCUT2D eigenvalue weighted by molar-refractivity contribution is 7.85. The van der Waals surface area contributed by atoms with Crippen molar-refractivity contribution < 1.29 is 27.9 Å². The van der Waals surface area contributed by atoms with Gasteiger partial charge in [0, 0.05) is 0 Å². The van der Waals surface area contributed by atoms with Crippen LogP contribution in [0.15, 0.2) is 77.7 Å². The van der Waals surface area contributed by atoms with E-state index < -0.39 is 16.1 Å². The molecule has 24 heavy (non-hydrogen) atoms. The van der Waals surface area contributed by atoms with Crippen molar-refractivity contribution in [2.75, 3.05) is 0 Å². The fourth-order valence-corrected chi connectivity index (χ4v) is 2.55. The van der Waals surface area contributed by atoms with E-state index in [1.54, 1.807) is 30.3 Å². The van der Waals surface area contributed by atoms with Gasteiger partial charge in [0.25, 0.3) is 10.1 Å². The quantitative estimate of drug-likeness (QED) is 0.419. The van der Waals surface area contributed by atoms with Gasteiger partial charge in [-0.2, -0.15) is 13.7 Å². The molecule has 0 aromatic heterocycles. The van der Waals surface area contributed by atoms with Gasteiger partial charge in [-0.15, -0.1) is 0 Å². The van der Waals surface area contributed by atoms with Gasteiger partial charge in [-0.1, -0.05) is 54.6 Å². The Hall–Kier alpha value is -2.74. The van der Waals surface area contributed by atoms with Gasteiger partial charge in [-0.05, 0) is 29.0 Å². The zero-order valence-corrected chi connectivity index (χ0v) is 13.2. The molecule has 0 aliphatic heterocycles. The largest absolute Gasteiger partial charge is 0.373 e. The van der Waals surface area contributed by atoms with Crippen LogP contribution in [0.5, 0.6) is 0 Å². The molecule has 0 aliphatic carbocycles. The van der Waals surface area contributed by atoms with Gasteiger partial charge < -0.3 is 0 Å². The summed E-state index contributed by atoms with van der Waals surface area (Å²) < 4.78 is 29.2. The molecule has 2 N–H and O–H groups in total. The van der Waals surface area contributed by atoms with Crippen LogP contribution in [0.25, 0.3) is 10.8 Å². The predicted octanol–water partition coefficient (Wildman–Crippen LogP) is 3.40. The summed E-state index contributed by atoms with van der Waals surface area (Å²) in [6.07, 6.45) is 0. The van der Waals surface area contributed by atoms with Gasteiger partial charge in [0.1, 0.15) is 0 Å². The van der Waals surface area contributed by atoms with E-state index in [2.05, 4.69) is 4.89 Å². The summed E-state index contributed by atoms with van der Waals surface area (Å²) in [6, 6.07) is 20.1. The third-order valence-electron chi connectivity index (χ3n) is 3.13. The van der Waals surface area contributed by atoms with Gasteiger partial charge >= 0.3 is 5.97 Å². The van der Waals surface area contributed by atoms with Crippen LogP contribution in [0, 0.1) is 0 Å². The number of carbonyl (C=O) groups is 1. The molecule has 6 nitrogen and oxygen atoms in total. The first kappa shape index (κ1) is 17.6. The summed E-state index contributed by atoms with van der Waals surface area (Å²) in [5.74, 6) is -0.734. The number of fused-ring (bicyclic) bond motifs is 1. The molecule has 0 radical (unpaired) electrons. The number of rotatable bonds is 2. The maximum absolute atomic E-state index is 11.2. The number of benzene rings is 3. The van der Waals surface area contributed by atoms with Crippen LogP contribution in [0.4, 0.5) is 0 Å². The molecular formula is C17H14O6S. The Morgan fingerprint density at radius 3 is 2.00 bits per heavy atom. The minimum absolute atomic E-state index is 0.0741. The lowest BCUT2D eigenvalue weighted by molar-refractivity contribution is -0.182. The predicted molar refractivity (Wildman–Crippen MR) is 88.2 cm³/mol. The van der Waals surface area contributed by atoms with E-state index in [1.807, 2.05) is 30.3 Å². The molecule has 0 unspecified atom stereocenters.